The van der Waals surface area contributed by atoms with Crippen LogP contribution in [0.5, 0.6) is 0 Å². The predicted octanol–water partition coefficient (Wildman–Crippen LogP) is 2.67. The van der Waals surface area contributed by atoms with Gasteiger partial charge in [0.2, 0.25) is 0 Å². The fourth-order valence-electron chi connectivity index (χ4n) is 3.50. The molecule has 2 atom stereocenters. The van der Waals surface area contributed by atoms with Gasteiger partial charge in [0.25, 0.3) is 0 Å². The van der Waals surface area contributed by atoms with Gasteiger partial charge in [-0.1, -0.05) is 18.4 Å². The van der Waals surface area contributed by atoms with Gasteiger partial charge in [-0.25, -0.2) is 4.79 Å². The number of carboxylic acid groups (broad SMARTS) is 1. The number of likely N-dealkylation sites (tertiary alicyclic amines) is 1. The van der Waals surface area contributed by atoms with Crippen molar-refractivity contribution in [2.45, 2.75) is 51.5 Å². The van der Waals surface area contributed by atoms with Crippen molar-refractivity contribution in [1.29, 1.82) is 0 Å². The minimum atomic E-state index is -0.820. The molecular weight excluding hydrogens is 214 g/mol. The largest absolute Gasteiger partial charge is 0.478 e. The van der Waals surface area contributed by atoms with Crippen molar-refractivity contribution >= 4 is 5.97 Å². The lowest BCUT2D eigenvalue weighted by Gasteiger charge is -2.44. The highest BCUT2D eigenvalue weighted by molar-refractivity contribution is 5.80. The van der Waals surface area contributed by atoms with E-state index in [1.54, 1.807) is 0 Å². The van der Waals surface area contributed by atoms with Crippen LogP contribution in [0.3, 0.4) is 0 Å². The highest BCUT2D eigenvalue weighted by Gasteiger charge is 2.32. The maximum absolute atomic E-state index is 10.6. The van der Waals surface area contributed by atoms with Gasteiger partial charge in [0.15, 0.2) is 0 Å². The fourth-order valence-corrected chi connectivity index (χ4v) is 3.50. The summed E-state index contributed by atoms with van der Waals surface area (Å²) >= 11 is 0. The minimum Gasteiger partial charge on any atom is -0.478 e. The summed E-state index contributed by atoms with van der Waals surface area (Å²) < 4.78 is 0. The zero-order valence-electron chi connectivity index (χ0n) is 10.7. The molecule has 1 heterocycles. The molecule has 1 saturated heterocycles. The Morgan fingerprint density at radius 2 is 2.00 bits per heavy atom. The Morgan fingerprint density at radius 3 is 2.76 bits per heavy atom. The van der Waals surface area contributed by atoms with Crippen LogP contribution >= 0.6 is 0 Å². The summed E-state index contributed by atoms with van der Waals surface area (Å²) in [6.45, 7) is 3.92. The van der Waals surface area contributed by atoms with E-state index in [1.807, 2.05) is 6.92 Å². The van der Waals surface area contributed by atoms with Crippen LogP contribution in [0.15, 0.2) is 11.6 Å². The molecule has 1 N–H and O–H groups in total. The number of rotatable bonds is 3. The van der Waals surface area contributed by atoms with Crippen LogP contribution in [-0.2, 0) is 4.79 Å². The highest BCUT2D eigenvalue weighted by Crippen LogP contribution is 2.35. The monoisotopic (exact) mass is 237 g/mol. The van der Waals surface area contributed by atoms with Gasteiger partial charge < -0.3 is 5.11 Å². The summed E-state index contributed by atoms with van der Waals surface area (Å²) in [6.07, 6.45) is 9.43. The molecule has 0 aromatic rings. The molecule has 0 radical (unpaired) electrons. The second-order valence-corrected chi connectivity index (χ2v) is 5.55. The van der Waals surface area contributed by atoms with Gasteiger partial charge in [-0.3, -0.25) is 4.90 Å². The zero-order chi connectivity index (χ0) is 12.3. The molecule has 2 fully saturated rings. The van der Waals surface area contributed by atoms with Crippen LogP contribution in [0.25, 0.3) is 0 Å². The maximum atomic E-state index is 10.6. The minimum absolute atomic E-state index is 0.717. The highest BCUT2D eigenvalue weighted by atomic mass is 16.4. The molecule has 2 unspecified atom stereocenters. The number of hydrogen-bond acceptors (Lipinski definition) is 2. The molecule has 0 spiro atoms. The number of piperidine rings is 1. The lowest BCUT2D eigenvalue weighted by molar-refractivity contribution is -0.131. The number of carbonyl (C=O) groups is 1. The van der Waals surface area contributed by atoms with E-state index in [-0.39, 0.29) is 0 Å². The molecule has 0 aromatic carbocycles. The maximum Gasteiger partial charge on any atom is 0.328 e. The molecule has 1 aliphatic carbocycles. The predicted molar refractivity (Wildman–Crippen MR) is 67.9 cm³/mol. The van der Waals surface area contributed by atoms with Gasteiger partial charge in [0.1, 0.15) is 0 Å². The number of carboxylic acids is 1. The van der Waals surface area contributed by atoms with E-state index in [4.69, 9.17) is 5.11 Å². The molecule has 2 aliphatic rings. The molecule has 2 rings (SSSR count). The van der Waals surface area contributed by atoms with Crippen LogP contribution in [0, 0.1) is 5.92 Å². The first-order chi connectivity index (χ1) is 8.16. The van der Waals surface area contributed by atoms with Crippen LogP contribution < -0.4 is 0 Å². The van der Waals surface area contributed by atoms with E-state index < -0.39 is 5.97 Å². The Labute approximate surface area is 103 Å². The summed E-state index contributed by atoms with van der Waals surface area (Å²) in [6, 6.07) is 0.717. The molecule has 3 nitrogen and oxygen atoms in total. The number of nitrogens with zero attached hydrogens (tertiary/aromatic N) is 1. The quantitative estimate of drug-likeness (QED) is 0.767. The van der Waals surface area contributed by atoms with Gasteiger partial charge >= 0.3 is 5.97 Å². The molecule has 1 aliphatic heterocycles. The molecule has 0 bridgehead atoms. The average Bonchev–Trinajstić information content (AvgIpc) is 2.28. The van der Waals surface area contributed by atoms with Crippen molar-refractivity contribution in [1.82, 2.24) is 4.90 Å². The third kappa shape index (κ3) is 3.32. The summed E-state index contributed by atoms with van der Waals surface area (Å²) in [5.74, 6) is 0.0508. The first-order valence-electron chi connectivity index (χ1n) is 6.81. The van der Waals surface area contributed by atoms with Crippen molar-refractivity contribution in [3.8, 4) is 0 Å². The van der Waals surface area contributed by atoms with Gasteiger partial charge in [-0.15, -0.1) is 0 Å². The van der Waals surface area contributed by atoms with E-state index in [2.05, 4.69) is 4.90 Å². The summed E-state index contributed by atoms with van der Waals surface area (Å²) in [5.41, 5.74) is 0.976. The molecule has 1 saturated carbocycles. The Hall–Kier alpha value is -0.830. The van der Waals surface area contributed by atoms with E-state index >= 15 is 0 Å². The van der Waals surface area contributed by atoms with Crippen molar-refractivity contribution in [2.24, 2.45) is 5.92 Å². The van der Waals surface area contributed by atoms with Crippen molar-refractivity contribution < 1.29 is 9.90 Å². The second-order valence-electron chi connectivity index (χ2n) is 5.55. The van der Waals surface area contributed by atoms with Gasteiger partial charge in [0.05, 0.1) is 0 Å². The molecule has 0 aromatic heterocycles. The first-order valence-corrected chi connectivity index (χ1v) is 6.81. The van der Waals surface area contributed by atoms with E-state index in [1.165, 1.54) is 44.6 Å². The SMILES string of the molecule is CC(=CC(=O)O)CN1CCCC2CCCCC21. The first kappa shape index (κ1) is 12.6. The topological polar surface area (TPSA) is 40.5 Å². The van der Waals surface area contributed by atoms with E-state index in [0.717, 1.165) is 30.6 Å². The fraction of sp³-hybridized carbons (Fsp3) is 0.786. The summed E-state index contributed by atoms with van der Waals surface area (Å²) in [5, 5.41) is 8.75. The number of aliphatic carboxylic acids is 1. The summed E-state index contributed by atoms with van der Waals surface area (Å²) in [4.78, 5) is 13.2. The smallest absolute Gasteiger partial charge is 0.328 e. The van der Waals surface area contributed by atoms with Crippen LogP contribution in [0.2, 0.25) is 0 Å². The lowest BCUT2D eigenvalue weighted by atomic mass is 9.78. The van der Waals surface area contributed by atoms with Crippen molar-refractivity contribution in [3.63, 3.8) is 0 Å². The Kier molecular flexibility index (Phi) is 4.21. The van der Waals surface area contributed by atoms with Crippen LogP contribution in [-0.4, -0.2) is 35.1 Å². The van der Waals surface area contributed by atoms with Crippen molar-refractivity contribution in [2.75, 3.05) is 13.1 Å². The van der Waals surface area contributed by atoms with Gasteiger partial charge in [0, 0.05) is 18.7 Å². The summed E-state index contributed by atoms with van der Waals surface area (Å²) in [7, 11) is 0. The lowest BCUT2D eigenvalue weighted by Crippen LogP contribution is -2.47. The Bertz CT molecular complexity index is 309. The van der Waals surface area contributed by atoms with Gasteiger partial charge in [-0.2, -0.15) is 0 Å². The average molecular weight is 237 g/mol. The molecule has 96 valence electrons. The van der Waals surface area contributed by atoms with Crippen molar-refractivity contribution in [3.05, 3.63) is 11.6 Å². The van der Waals surface area contributed by atoms with Crippen LogP contribution in [0.1, 0.15) is 45.4 Å². The third-order valence-electron chi connectivity index (χ3n) is 4.18. The van der Waals surface area contributed by atoms with Gasteiger partial charge in [-0.05, 0) is 45.1 Å². The second kappa shape index (κ2) is 5.67. The molecule has 3 heteroatoms. The standard InChI is InChI=1S/C14H23NO2/c1-11(9-14(16)17)10-15-8-4-6-12-5-2-3-7-13(12)15/h9,12-13H,2-8,10H2,1H3,(H,16,17). The van der Waals surface area contributed by atoms with E-state index in [9.17, 15) is 4.79 Å². The molecular formula is C14H23NO2. The van der Waals surface area contributed by atoms with E-state index in [0.29, 0.717) is 0 Å². The third-order valence-corrected chi connectivity index (χ3v) is 4.18. The Morgan fingerprint density at radius 1 is 1.29 bits per heavy atom. The number of fused-ring (bicyclic) bond motifs is 1. The zero-order valence-corrected chi connectivity index (χ0v) is 10.7. The molecule has 0 amide bonds. The Balaban J connectivity index is 1.97. The number of hydrogen-bond donors (Lipinski definition) is 1. The van der Waals surface area contributed by atoms with Crippen LogP contribution in [0.4, 0.5) is 0 Å². The molecule has 17 heavy (non-hydrogen) atoms. The normalized spacial score (nSPS) is 31.0.